The van der Waals surface area contributed by atoms with Crippen molar-refractivity contribution < 1.29 is 18.3 Å². The Hall–Kier alpha value is -0.750. The first-order chi connectivity index (χ1) is 9.46. The van der Waals surface area contributed by atoms with Gasteiger partial charge in [0.25, 0.3) is 6.43 Å². The van der Waals surface area contributed by atoms with Crippen LogP contribution >= 0.6 is 0 Å². The molecular formula is C14H26F2N2O2. The molecule has 0 heterocycles. The van der Waals surface area contributed by atoms with Crippen molar-refractivity contribution in [1.29, 1.82) is 0 Å². The maximum absolute atomic E-state index is 12.3. The fraction of sp³-hybridized carbons (Fsp3) is 0.929. The van der Waals surface area contributed by atoms with Crippen LogP contribution in [0, 0.1) is 5.92 Å². The number of ether oxygens (including phenoxy) is 1. The van der Waals surface area contributed by atoms with Crippen LogP contribution in [-0.4, -0.2) is 56.6 Å². The average molecular weight is 292 g/mol. The van der Waals surface area contributed by atoms with Crippen molar-refractivity contribution in [3.63, 3.8) is 0 Å². The van der Waals surface area contributed by atoms with E-state index in [0.717, 1.165) is 25.7 Å². The molecule has 0 spiro atoms. The van der Waals surface area contributed by atoms with Gasteiger partial charge >= 0.3 is 5.97 Å². The quantitative estimate of drug-likeness (QED) is 0.694. The first-order valence-electron chi connectivity index (χ1n) is 7.29. The Morgan fingerprint density at radius 1 is 1.55 bits per heavy atom. The molecule has 1 fully saturated rings. The van der Waals surface area contributed by atoms with Gasteiger partial charge in [0.05, 0.1) is 13.2 Å². The summed E-state index contributed by atoms with van der Waals surface area (Å²) in [5.74, 6) is -0.0619. The van der Waals surface area contributed by atoms with Gasteiger partial charge < -0.3 is 15.0 Å². The highest BCUT2D eigenvalue weighted by molar-refractivity contribution is 5.81. The van der Waals surface area contributed by atoms with E-state index in [1.165, 1.54) is 0 Å². The molecule has 0 bridgehead atoms. The van der Waals surface area contributed by atoms with Crippen molar-refractivity contribution >= 4 is 5.97 Å². The minimum absolute atomic E-state index is 0.145. The summed E-state index contributed by atoms with van der Waals surface area (Å²) >= 11 is 0. The normalized spacial score (nSPS) is 26.4. The van der Waals surface area contributed by atoms with E-state index in [0.29, 0.717) is 13.2 Å². The van der Waals surface area contributed by atoms with E-state index in [4.69, 9.17) is 4.74 Å². The van der Waals surface area contributed by atoms with Gasteiger partial charge in [0.1, 0.15) is 5.54 Å². The monoisotopic (exact) mass is 292 g/mol. The lowest BCUT2D eigenvalue weighted by Crippen LogP contribution is -2.54. The number of carbonyl (C=O) groups is 1. The number of nitrogens with one attached hydrogen (secondary N) is 1. The van der Waals surface area contributed by atoms with Gasteiger partial charge in [-0.15, -0.1) is 0 Å². The zero-order valence-electron chi connectivity index (χ0n) is 12.6. The number of alkyl halides is 2. The molecule has 6 heteroatoms. The molecular weight excluding hydrogens is 266 g/mol. The second-order valence-electron chi connectivity index (χ2n) is 5.47. The van der Waals surface area contributed by atoms with Crippen molar-refractivity contribution in [2.75, 3.05) is 33.8 Å². The van der Waals surface area contributed by atoms with E-state index < -0.39 is 12.0 Å². The minimum atomic E-state index is -2.32. The molecule has 2 atom stereocenters. The minimum Gasteiger partial charge on any atom is -0.465 e. The topological polar surface area (TPSA) is 41.6 Å². The number of carbonyl (C=O) groups excluding carboxylic acids is 1. The highest BCUT2D eigenvalue weighted by Gasteiger charge is 2.48. The van der Waals surface area contributed by atoms with Gasteiger partial charge in [0, 0.05) is 0 Å². The first kappa shape index (κ1) is 17.3. The van der Waals surface area contributed by atoms with E-state index in [2.05, 4.69) is 5.32 Å². The molecule has 1 aliphatic carbocycles. The lowest BCUT2D eigenvalue weighted by atomic mass is 9.84. The molecule has 20 heavy (non-hydrogen) atoms. The summed E-state index contributed by atoms with van der Waals surface area (Å²) in [4.78, 5) is 13.8. The molecule has 0 aromatic heterocycles. The predicted octanol–water partition coefficient (Wildman–Crippen LogP) is 1.89. The van der Waals surface area contributed by atoms with Crippen LogP contribution in [0.4, 0.5) is 8.78 Å². The highest BCUT2D eigenvalue weighted by Crippen LogP contribution is 2.38. The second kappa shape index (κ2) is 7.88. The van der Waals surface area contributed by atoms with E-state index in [-0.39, 0.29) is 18.4 Å². The third-order valence-corrected chi connectivity index (χ3v) is 4.22. The van der Waals surface area contributed by atoms with Crippen molar-refractivity contribution in [3.8, 4) is 0 Å². The zero-order valence-corrected chi connectivity index (χ0v) is 12.6. The molecule has 1 rings (SSSR count). The average Bonchev–Trinajstić information content (AvgIpc) is 2.80. The van der Waals surface area contributed by atoms with Crippen molar-refractivity contribution in [2.24, 2.45) is 5.92 Å². The van der Waals surface area contributed by atoms with Crippen LogP contribution in [0.15, 0.2) is 0 Å². The number of likely N-dealkylation sites (N-methyl/N-ethyl adjacent to an activating group) is 1. The van der Waals surface area contributed by atoms with Gasteiger partial charge in [0.2, 0.25) is 0 Å². The summed E-state index contributed by atoms with van der Waals surface area (Å²) < 4.78 is 29.8. The lowest BCUT2D eigenvalue weighted by Gasteiger charge is -2.33. The SMILES string of the molecule is CCOC(=O)C1(NC)CCCC1CCN(C)CC(F)F. The van der Waals surface area contributed by atoms with Gasteiger partial charge in [-0.05, 0) is 52.7 Å². The number of halogens is 2. The van der Waals surface area contributed by atoms with Gasteiger partial charge in [-0.3, -0.25) is 4.79 Å². The van der Waals surface area contributed by atoms with E-state index >= 15 is 0 Å². The van der Waals surface area contributed by atoms with E-state index in [9.17, 15) is 13.6 Å². The first-order valence-corrected chi connectivity index (χ1v) is 7.29. The number of esters is 1. The number of hydrogen-bond acceptors (Lipinski definition) is 4. The molecule has 118 valence electrons. The van der Waals surface area contributed by atoms with Crippen LogP contribution in [0.25, 0.3) is 0 Å². The van der Waals surface area contributed by atoms with E-state index in [1.807, 2.05) is 0 Å². The second-order valence-corrected chi connectivity index (χ2v) is 5.47. The molecule has 1 saturated carbocycles. The molecule has 1 N–H and O–H groups in total. The molecule has 0 aromatic carbocycles. The maximum Gasteiger partial charge on any atom is 0.326 e. The molecule has 4 nitrogen and oxygen atoms in total. The standard InChI is InChI=1S/C14H26F2N2O2/c1-4-20-13(19)14(17-2)8-5-6-11(14)7-9-18(3)10-12(15)16/h11-12,17H,4-10H2,1-3H3. The zero-order chi connectivity index (χ0) is 15.2. The Morgan fingerprint density at radius 3 is 2.80 bits per heavy atom. The third-order valence-electron chi connectivity index (χ3n) is 4.22. The molecule has 0 radical (unpaired) electrons. The molecule has 1 aliphatic rings. The van der Waals surface area contributed by atoms with Crippen molar-refractivity contribution in [1.82, 2.24) is 10.2 Å². The van der Waals surface area contributed by atoms with Gasteiger partial charge in [0.15, 0.2) is 0 Å². The van der Waals surface area contributed by atoms with Crippen molar-refractivity contribution in [3.05, 3.63) is 0 Å². The summed E-state index contributed by atoms with van der Waals surface area (Å²) in [6.07, 6.45) is 1.06. The van der Waals surface area contributed by atoms with Gasteiger partial charge in [-0.2, -0.15) is 0 Å². The summed E-state index contributed by atoms with van der Waals surface area (Å²) in [7, 11) is 3.46. The molecule has 0 aliphatic heterocycles. The number of nitrogens with zero attached hydrogens (tertiary/aromatic N) is 1. The Balaban J connectivity index is 2.60. The van der Waals surface area contributed by atoms with Crippen LogP contribution in [0.3, 0.4) is 0 Å². The maximum atomic E-state index is 12.3. The van der Waals surface area contributed by atoms with Crippen LogP contribution in [0.5, 0.6) is 0 Å². The number of hydrogen-bond donors (Lipinski definition) is 1. The van der Waals surface area contributed by atoms with Gasteiger partial charge in [-0.25, -0.2) is 8.78 Å². The molecule has 2 unspecified atom stereocenters. The molecule has 0 aromatic rings. The molecule has 0 saturated heterocycles. The Morgan fingerprint density at radius 2 is 2.25 bits per heavy atom. The fourth-order valence-electron chi connectivity index (χ4n) is 3.13. The Bertz CT molecular complexity index is 316. The lowest BCUT2D eigenvalue weighted by molar-refractivity contribution is -0.153. The van der Waals surface area contributed by atoms with E-state index in [1.54, 1.807) is 25.9 Å². The third kappa shape index (κ3) is 4.12. The Kier molecular flexibility index (Phi) is 6.82. The summed E-state index contributed by atoms with van der Waals surface area (Å²) in [6, 6.07) is 0. The fourth-order valence-corrected chi connectivity index (χ4v) is 3.13. The predicted molar refractivity (Wildman–Crippen MR) is 73.9 cm³/mol. The highest BCUT2D eigenvalue weighted by atomic mass is 19.3. The largest absolute Gasteiger partial charge is 0.465 e. The Labute approximate surface area is 119 Å². The summed E-state index contributed by atoms with van der Waals surface area (Å²) in [5, 5.41) is 3.14. The molecule has 0 amide bonds. The van der Waals surface area contributed by atoms with Crippen LogP contribution in [0.2, 0.25) is 0 Å². The summed E-state index contributed by atoms with van der Waals surface area (Å²) in [6.45, 7) is 2.50. The van der Waals surface area contributed by atoms with Crippen LogP contribution < -0.4 is 5.32 Å². The van der Waals surface area contributed by atoms with Gasteiger partial charge in [-0.1, -0.05) is 6.42 Å². The van der Waals surface area contributed by atoms with Crippen LogP contribution in [0.1, 0.15) is 32.6 Å². The smallest absolute Gasteiger partial charge is 0.326 e. The van der Waals surface area contributed by atoms with Crippen LogP contribution in [-0.2, 0) is 9.53 Å². The van der Waals surface area contributed by atoms with Crippen molar-refractivity contribution in [2.45, 2.75) is 44.6 Å². The summed E-state index contributed by atoms with van der Waals surface area (Å²) in [5.41, 5.74) is -0.637. The number of rotatable bonds is 8.